The molecule has 0 radical (unpaired) electrons. The van der Waals surface area contributed by atoms with E-state index >= 15 is 0 Å². The van der Waals surface area contributed by atoms with Gasteiger partial charge in [0.15, 0.2) is 0 Å². The predicted molar refractivity (Wildman–Crippen MR) is 71.7 cm³/mol. The highest BCUT2D eigenvalue weighted by molar-refractivity contribution is 6.33. The van der Waals surface area contributed by atoms with E-state index < -0.39 is 17.9 Å². The van der Waals surface area contributed by atoms with Gasteiger partial charge in [-0.05, 0) is 18.9 Å². The van der Waals surface area contributed by atoms with E-state index in [1.807, 2.05) is 0 Å². The topological polar surface area (TPSA) is 88.5 Å². The molecule has 0 bridgehead atoms. The van der Waals surface area contributed by atoms with Gasteiger partial charge in [0.1, 0.15) is 6.04 Å². The molecule has 108 valence electrons. The van der Waals surface area contributed by atoms with Crippen LogP contribution in [0.15, 0.2) is 18.5 Å². The number of hydrogen-bond donors (Lipinski definition) is 2. The van der Waals surface area contributed by atoms with Crippen molar-refractivity contribution in [2.75, 3.05) is 13.2 Å². The zero-order valence-corrected chi connectivity index (χ0v) is 11.5. The van der Waals surface area contributed by atoms with Gasteiger partial charge in [-0.15, -0.1) is 0 Å². The summed E-state index contributed by atoms with van der Waals surface area (Å²) in [6.45, 7) is 0.967. The quantitative estimate of drug-likeness (QED) is 0.876. The zero-order chi connectivity index (χ0) is 14.5. The maximum atomic E-state index is 12.1. The summed E-state index contributed by atoms with van der Waals surface area (Å²) in [5.41, 5.74) is 0.213. The summed E-state index contributed by atoms with van der Waals surface area (Å²) < 4.78 is 5.27. The number of pyridine rings is 1. The van der Waals surface area contributed by atoms with E-state index in [0.717, 1.165) is 6.42 Å². The summed E-state index contributed by atoms with van der Waals surface area (Å²) in [7, 11) is 0. The molecule has 1 aromatic heterocycles. The highest BCUT2D eigenvalue weighted by Crippen LogP contribution is 2.19. The molecular formula is C13H15ClN2O4. The molecule has 2 unspecified atom stereocenters. The van der Waals surface area contributed by atoms with Crippen molar-refractivity contribution in [1.29, 1.82) is 0 Å². The Morgan fingerprint density at radius 3 is 2.95 bits per heavy atom. The summed E-state index contributed by atoms with van der Waals surface area (Å²) >= 11 is 5.87. The molecule has 2 N–H and O–H groups in total. The lowest BCUT2D eigenvalue weighted by molar-refractivity contribution is -0.142. The Balaban J connectivity index is 2.10. The van der Waals surface area contributed by atoms with Crippen LogP contribution in [0.5, 0.6) is 0 Å². The van der Waals surface area contributed by atoms with Crippen molar-refractivity contribution in [2.45, 2.75) is 18.9 Å². The Kier molecular flexibility index (Phi) is 4.92. The number of amides is 1. The molecule has 0 saturated carbocycles. The lowest BCUT2D eigenvalue weighted by atomic mass is 9.93. The molecule has 2 heterocycles. The van der Waals surface area contributed by atoms with E-state index in [4.69, 9.17) is 16.3 Å². The molecule has 1 amide bonds. The maximum absolute atomic E-state index is 12.1. The van der Waals surface area contributed by atoms with Crippen molar-refractivity contribution < 1.29 is 19.4 Å². The van der Waals surface area contributed by atoms with E-state index in [2.05, 4.69) is 10.3 Å². The van der Waals surface area contributed by atoms with E-state index in [-0.39, 0.29) is 16.5 Å². The van der Waals surface area contributed by atoms with Gasteiger partial charge in [-0.25, -0.2) is 4.79 Å². The van der Waals surface area contributed by atoms with Gasteiger partial charge in [0.05, 0.1) is 17.2 Å². The minimum Gasteiger partial charge on any atom is -0.480 e. The summed E-state index contributed by atoms with van der Waals surface area (Å²) in [5, 5.41) is 12.0. The first kappa shape index (κ1) is 14.7. The first-order valence-corrected chi connectivity index (χ1v) is 6.68. The Hall–Kier alpha value is -1.66. The number of rotatable bonds is 4. The SMILES string of the molecule is O=C(NC(C(=O)O)C1CCCOC1)c1ccncc1Cl. The number of carbonyl (C=O) groups excluding carboxylic acids is 1. The molecule has 1 aliphatic heterocycles. The molecule has 1 saturated heterocycles. The molecule has 0 spiro atoms. The van der Waals surface area contributed by atoms with E-state index in [1.54, 1.807) is 0 Å². The van der Waals surface area contributed by atoms with Gasteiger partial charge in [-0.2, -0.15) is 0 Å². The second-order valence-corrected chi connectivity index (χ2v) is 5.03. The molecule has 2 atom stereocenters. The molecule has 2 rings (SSSR count). The molecular weight excluding hydrogens is 284 g/mol. The number of ether oxygens (including phenoxy) is 1. The number of aliphatic carboxylic acids is 1. The molecule has 1 aromatic rings. The van der Waals surface area contributed by atoms with E-state index in [9.17, 15) is 14.7 Å². The van der Waals surface area contributed by atoms with Crippen LogP contribution in [0.25, 0.3) is 0 Å². The fourth-order valence-electron chi connectivity index (χ4n) is 2.19. The van der Waals surface area contributed by atoms with E-state index in [1.165, 1.54) is 18.5 Å². The van der Waals surface area contributed by atoms with Gasteiger partial charge in [0.2, 0.25) is 0 Å². The number of nitrogens with zero attached hydrogens (tertiary/aromatic N) is 1. The second kappa shape index (κ2) is 6.67. The molecule has 0 aromatic carbocycles. The number of nitrogens with one attached hydrogen (secondary N) is 1. The Bertz CT molecular complexity index is 503. The van der Waals surface area contributed by atoms with Crippen molar-refractivity contribution >= 4 is 23.5 Å². The normalized spacial score (nSPS) is 20.1. The third kappa shape index (κ3) is 3.46. The van der Waals surface area contributed by atoms with E-state index in [0.29, 0.717) is 19.6 Å². The monoisotopic (exact) mass is 298 g/mol. The van der Waals surface area contributed by atoms with Crippen molar-refractivity contribution in [3.05, 3.63) is 29.0 Å². The Morgan fingerprint density at radius 1 is 1.55 bits per heavy atom. The van der Waals surface area contributed by atoms with Crippen LogP contribution in [0.4, 0.5) is 0 Å². The molecule has 7 heteroatoms. The molecule has 20 heavy (non-hydrogen) atoms. The van der Waals surface area contributed by atoms with Gasteiger partial charge in [-0.1, -0.05) is 11.6 Å². The summed E-state index contributed by atoms with van der Waals surface area (Å²) in [6.07, 6.45) is 4.28. The first-order valence-electron chi connectivity index (χ1n) is 6.30. The van der Waals surface area contributed by atoms with Crippen molar-refractivity contribution in [2.24, 2.45) is 5.92 Å². The fraction of sp³-hybridized carbons (Fsp3) is 0.462. The summed E-state index contributed by atoms with van der Waals surface area (Å²) in [5.74, 6) is -1.82. The smallest absolute Gasteiger partial charge is 0.326 e. The number of hydrogen-bond acceptors (Lipinski definition) is 4. The van der Waals surface area contributed by atoms with Crippen molar-refractivity contribution in [3.8, 4) is 0 Å². The third-order valence-electron chi connectivity index (χ3n) is 3.24. The summed E-state index contributed by atoms with van der Waals surface area (Å²) in [4.78, 5) is 27.2. The highest BCUT2D eigenvalue weighted by atomic mass is 35.5. The van der Waals surface area contributed by atoms with Crippen LogP contribution in [-0.4, -0.2) is 41.2 Å². The number of aromatic nitrogens is 1. The van der Waals surface area contributed by atoms with Gasteiger partial charge >= 0.3 is 5.97 Å². The second-order valence-electron chi connectivity index (χ2n) is 4.62. The van der Waals surface area contributed by atoms with Crippen LogP contribution in [0, 0.1) is 5.92 Å². The lowest BCUT2D eigenvalue weighted by Crippen LogP contribution is -2.48. The average molecular weight is 299 g/mol. The minimum atomic E-state index is -1.07. The van der Waals surface area contributed by atoms with Gasteiger partial charge in [0.25, 0.3) is 5.91 Å². The van der Waals surface area contributed by atoms with Gasteiger partial charge in [-0.3, -0.25) is 9.78 Å². The van der Waals surface area contributed by atoms with Crippen LogP contribution in [-0.2, 0) is 9.53 Å². The predicted octanol–water partition coefficient (Wildman–Crippen LogP) is 1.34. The van der Waals surface area contributed by atoms with Crippen molar-refractivity contribution in [3.63, 3.8) is 0 Å². The molecule has 1 aliphatic rings. The van der Waals surface area contributed by atoms with Crippen LogP contribution in [0.1, 0.15) is 23.2 Å². The zero-order valence-electron chi connectivity index (χ0n) is 10.7. The first-order chi connectivity index (χ1) is 9.59. The third-order valence-corrected chi connectivity index (χ3v) is 3.54. The molecule has 0 aliphatic carbocycles. The molecule has 6 nitrogen and oxygen atoms in total. The lowest BCUT2D eigenvalue weighted by Gasteiger charge is -2.28. The number of halogens is 1. The van der Waals surface area contributed by atoms with Gasteiger partial charge in [0, 0.05) is 24.9 Å². The van der Waals surface area contributed by atoms with Crippen molar-refractivity contribution in [1.82, 2.24) is 10.3 Å². The largest absolute Gasteiger partial charge is 0.480 e. The van der Waals surface area contributed by atoms with Crippen LogP contribution < -0.4 is 5.32 Å². The standard InChI is InChI=1S/C13H15ClN2O4/c14-10-6-15-4-3-9(10)12(17)16-11(13(18)19)8-2-1-5-20-7-8/h3-4,6,8,11H,1-2,5,7H2,(H,16,17)(H,18,19). The Morgan fingerprint density at radius 2 is 2.35 bits per heavy atom. The number of carboxylic acids is 1. The Labute approximate surface area is 121 Å². The van der Waals surface area contributed by atoms with Crippen LogP contribution in [0.2, 0.25) is 5.02 Å². The summed E-state index contributed by atoms with van der Waals surface area (Å²) in [6, 6.07) is 0.473. The molecule has 1 fully saturated rings. The van der Waals surface area contributed by atoms with Crippen LogP contribution in [0.3, 0.4) is 0 Å². The average Bonchev–Trinajstić information content (AvgIpc) is 2.45. The van der Waals surface area contributed by atoms with Gasteiger partial charge < -0.3 is 15.2 Å². The fourth-order valence-corrected chi connectivity index (χ4v) is 2.39. The maximum Gasteiger partial charge on any atom is 0.326 e. The van der Waals surface area contributed by atoms with Crippen LogP contribution >= 0.6 is 11.6 Å². The highest BCUT2D eigenvalue weighted by Gasteiger charge is 2.31. The minimum absolute atomic E-state index is 0.189. The number of carbonyl (C=O) groups is 2. The number of carboxylic acid groups (broad SMARTS) is 1.